The van der Waals surface area contributed by atoms with Crippen LogP contribution in [0.5, 0.6) is 0 Å². The molecule has 0 fully saturated rings. The van der Waals surface area contributed by atoms with Gasteiger partial charge in [-0.25, -0.2) is 0 Å². The maximum Gasteiger partial charge on any atom is 0.460 e. The predicted octanol–water partition coefficient (Wildman–Crippen LogP) is 9.24. The van der Waals surface area contributed by atoms with Crippen LogP contribution in [0, 0.1) is 0 Å². The van der Waals surface area contributed by atoms with Crippen molar-refractivity contribution >= 4 is 0 Å². The summed E-state index contributed by atoms with van der Waals surface area (Å²) in [4.78, 5) is 0. The van der Waals surface area contributed by atoms with Crippen molar-refractivity contribution in [1.29, 1.82) is 0 Å². The molecule has 1 atom stereocenters. The van der Waals surface area contributed by atoms with Gasteiger partial charge in [-0.2, -0.15) is 74.6 Å². The van der Waals surface area contributed by atoms with Gasteiger partial charge in [0.05, 0.1) is 0 Å². The molecule has 0 aromatic rings. The van der Waals surface area contributed by atoms with Crippen LogP contribution in [0.4, 0.5) is 74.6 Å². The molecule has 0 rings (SSSR count). The minimum absolute atomic E-state index is 0.0417. The molecule has 0 amide bonds. The number of hydrogen-bond donors (Lipinski definition) is 1. The fourth-order valence-electron chi connectivity index (χ4n) is 3.30. The molecule has 0 radical (unpaired) electrons. The highest BCUT2D eigenvalue weighted by molar-refractivity contribution is 5.15. The van der Waals surface area contributed by atoms with Gasteiger partial charge in [0, 0.05) is 12.5 Å². The first-order valence-electron chi connectivity index (χ1n) is 11.2. The van der Waals surface area contributed by atoms with Crippen molar-refractivity contribution in [2.24, 2.45) is 5.73 Å². The number of halogens is 17. The van der Waals surface area contributed by atoms with Crippen LogP contribution in [0.1, 0.15) is 71.1 Å². The van der Waals surface area contributed by atoms with E-state index in [4.69, 9.17) is 5.73 Å². The van der Waals surface area contributed by atoms with Crippen LogP contribution in [0.25, 0.3) is 0 Å². The minimum Gasteiger partial charge on any atom is -0.327 e. The highest BCUT2D eigenvalue weighted by Crippen LogP contribution is 2.64. The maximum absolute atomic E-state index is 13.9. The third-order valence-electron chi connectivity index (χ3n) is 5.73. The van der Waals surface area contributed by atoms with Crippen LogP contribution >= 0.6 is 0 Å². The first-order chi connectivity index (χ1) is 16.7. The summed E-state index contributed by atoms with van der Waals surface area (Å²) in [6.07, 6.45) is -5.83. The van der Waals surface area contributed by atoms with Gasteiger partial charge in [-0.3, -0.25) is 0 Å². The van der Waals surface area contributed by atoms with Crippen molar-refractivity contribution in [2.75, 3.05) is 0 Å². The Labute approximate surface area is 206 Å². The zero-order valence-electron chi connectivity index (χ0n) is 19.7. The minimum atomic E-state index is -8.61. The molecular formula is C20H26F17N. The second-order valence-electron chi connectivity index (χ2n) is 8.88. The molecule has 0 spiro atoms. The van der Waals surface area contributed by atoms with Crippen molar-refractivity contribution < 1.29 is 74.6 Å². The van der Waals surface area contributed by atoms with Gasteiger partial charge < -0.3 is 5.73 Å². The molecule has 0 bridgehead atoms. The van der Waals surface area contributed by atoms with E-state index in [1.807, 2.05) is 6.92 Å². The second kappa shape index (κ2) is 12.1. The molecule has 0 aliphatic rings. The number of hydrogen-bond acceptors (Lipinski definition) is 1. The largest absolute Gasteiger partial charge is 0.460 e. The van der Waals surface area contributed by atoms with Crippen molar-refractivity contribution in [1.82, 2.24) is 0 Å². The van der Waals surface area contributed by atoms with E-state index in [9.17, 15) is 74.6 Å². The van der Waals surface area contributed by atoms with Gasteiger partial charge in [-0.05, 0) is 6.42 Å². The van der Waals surface area contributed by atoms with Crippen molar-refractivity contribution in [3.8, 4) is 0 Å². The van der Waals surface area contributed by atoms with Crippen LogP contribution in [0.15, 0.2) is 0 Å². The smallest absolute Gasteiger partial charge is 0.327 e. The van der Waals surface area contributed by atoms with Crippen molar-refractivity contribution in [3.63, 3.8) is 0 Å². The lowest BCUT2D eigenvalue weighted by Crippen LogP contribution is -2.74. The van der Waals surface area contributed by atoms with E-state index in [1.165, 1.54) is 0 Å². The Balaban J connectivity index is 5.75. The number of unbranched alkanes of at least 4 members (excludes halogenated alkanes) is 7. The van der Waals surface area contributed by atoms with Crippen molar-refractivity contribution in [2.45, 2.75) is 125 Å². The fourth-order valence-corrected chi connectivity index (χ4v) is 3.30. The lowest BCUT2D eigenvalue weighted by atomic mass is 9.87. The highest BCUT2D eigenvalue weighted by atomic mass is 19.4. The quantitative estimate of drug-likeness (QED) is 0.130. The molecule has 38 heavy (non-hydrogen) atoms. The van der Waals surface area contributed by atoms with E-state index in [2.05, 4.69) is 0 Å². The zero-order valence-corrected chi connectivity index (χ0v) is 19.7. The van der Waals surface area contributed by atoms with Crippen LogP contribution < -0.4 is 5.73 Å². The Kier molecular flexibility index (Phi) is 11.7. The summed E-state index contributed by atoms with van der Waals surface area (Å²) in [6.45, 7) is 1.95. The molecule has 2 N–H and O–H groups in total. The Hall–Kier alpha value is -1.23. The number of nitrogens with two attached hydrogens (primary N) is 1. The normalized spacial score (nSPS) is 16.2. The maximum atomic E-state index is 13.9. The summed E-state index contributed by atoms with van der Waals surface area (Å²) in [7, 11) is 0. The Bertz CT molecular complexity index is 730. The van der Waals surface area contributed by atoms with Crippen LogP contribution in [0.2, 0.25) is 0 Å². The van der Waals surface area contributed by atoms with Gasteiger partial charge in [0.15, 0.2) is 0 Å². The molecule has 0 aliphatic heterocycles. The average Bonchev–Trinajstić information content (AvgIpc) is 2.73. The molecule has 0 heterocycles. The van der Waals surface area contributed by atoms with E-state index in [-0.39, 0.29) is 6.42 Å². The summed E-state index contributed by atoms with van der Waals surface area (Å²) < 4.78 is 225. The first-order valence-corrected chi connectivity index (χ1v) is 11.2. The van der Waals surface area contributed by atoms with Gasteiger partial charge in [0.2, 0.25) is 0 Å². The number of rotatable bonds is 17. The molecular weight excluding hydrogens is 577 g/mol. The van der Waals surface area contributed by atoms with Gasteiger partial charge in [0.1, 0.15) is 0 Å². The summed E-state index contributed by atoms with van der Waals surface area (Å²) in [5, 5.41) is 0. The van der Waals surface area contributed by atoms with Crippen molar-refractivity contribution in [3.05, 3.63) is 0 Å². The fraction of sp³-hybridized carbons (Fsp3) is 1.00. The molecule has 1 unspecified atom stereocenters. The van der Waals surface area contributed by atoms with Gasteiger partial charge in [-0.1, -0.05) is 58.3 Å². The zero-order chi connectivity index (χ0) is 30.6. The van der Waals surface area contributed by atoms with E-state index >= 15 is 0 Å². The molecule has 0 aromatic carbocycles. The third-order valence-corrected chi connectivity index (χ3v) is 5.73. The second-order valence-corrected chi connectivity index (χ2v) is 8.88. The van der Waals surface area contributed by atoms with Gasteiger partial charge >= 0.3 is 47.6 Å². The molecule has 1 nitrogen and oxygen atoms in total. The Morgan fingerprint density at radius 1 is 0.447 bits per heavy atom. The SMILES string of the molecule is CCCCCCCCCCC(N)CC(F)(F)C(F)(F)C(F)(F)C(F)(F)C(F)(F)C(F)(F)C(F)(F)C(F)(F)F. The Morgan fingerprint density at radius 3 is 1.13 bits per heavy atom. The van der Waals surface area contributed by atoms with E-state index in [0.717, 1.165) is 25.7 Å². The van der Waals surface area contributed by atoms with E-state index in [1.54, 1.807) is 0 Å². The molecule has 0 saturated heterocycles. The van der Waals surface area contributed by atoms with E-state index in [0.29, 0.717) is 19.3 Å². The average molecular weight is 603 g/mol. The molecule has 18 heteroatoms. The Morgan fingerprint density at radius 2 is 0.763 bits per heavy atom. The molecule has 0 saturated carbocycles. The molecule has 0 aromatic heterocycles. The summed E-state index contributed by atoms with van der Waals surface area (Å²) >= 11 is 0. The first kappa shape index (κ1) is 36.8. The van der Waals surface area contributed by atoms with E-state index < -0.39 is 66.5 Å². The standard InChI is InChI=1S/C20H26F17N/c1-2-3-4-5-6-7-8-9-10-12(38)11-13(21,22)14(23,24)15(25,26)16(27,28)17(29,30)18(31,32)19(33,34)20(35,36)37/h12H,2-11,38H2,1H3. The van der Waals surface area contributed by atoms with Crippen LogP contribution in [-0.2, 0) is 0 Å². The van der Waals surface area contributed by atoms with Crippen LogP contribution in [-0.4, -0.2) is 53.7 Å². The molecule has 0 aliphatic carbocycles. The molecule has 230 valence electrons. The van der Waals surface area contributed by atoms with Gasteiger partial charge in [-0.15, -0.1) is 0 Å². The predicted molar refractivity (Wildman–Crippen MR) is 101 cm³/mol. The lowest BCUT2D eigenvalue weighted by Gasteiger charge is -2.43. The van der Waals surface area contributed by atoms with Crippen LogP contribution in [0.3, 0.4) is 0 Å². The monoisotopic (exact) mass is 603 g/mol. The lowest BCUT2D eigenvalue weighted by molar-refractivity contribution is -0.461. The number of alkyl halides is 17. The summed E-state index contributed by atoms with van der Waals surface area (Å²) in [5.74, 6) is -56.2. The summed E-state index contributed by atoms with van der Waals surface area (Å²) in [5.41, 5.74) is 5.11. The third kappa shape index (κ3) is 6.73. The highest BCUT2D eigenvalue weighted by Gasteiger charge is 2.95. The van der Waals surface area contributed by atoms with Gasteiger partial charge in [0.25, 0.3) is 0 Å². The topological polar surface area (TPSA) is 26.0 Å². The summed E-state index contributed by atoms with van der Waals surface area (Å²) in [6, 6.07) is -2.13.